The lowest BCUT2D eigenvalue weighted by atomic mass is 9.98. The van der Waals surface area contributed by atoms with Crippen molar-refractivity contribution in [3.63, 3.8) is 0 Å². The smallest absolute Gasteiger partial charge is 0.249 e. The van der Waals surface area contributed by atoms with Crippen molar-refractivity contribution >= 4 is 17.6 Å². The quantitative estimate of drug-likeness (QED) is 0.306. The first-order valence-electron chi connectivity index (χ1n) is 9.03. The summed E-state index contributed by atoms with van der Waals surface area (Å²) in [6.07, 6.45) is 3.70. The van der Waals surface area contributed by atoms with Gasteiger partial charge >= 0.3 is 0 Å². The second-order valence-electron chi connectivity index (χ2n) is 6.40. The normalized spacial score (nSPS) is 13.6. The minimum atomic E-state index is -1.05. The Kier molecular flexibility index (Phi) is 8.25. The van der Waals surface area contributed by atoms with Gasteiger partial charge < -0.3 is 21.5 Å². The number of benzene rings is 1. The molecule has 1 amide bonds. The van der Waals surface area contributed by atoms with Crippen LogP contribution in [-0.2, 0) is 11.3 Å². The number of carbonyl (C=O) groups is 1. The van der Waals surface area contributed by atoms with Crippen LogP contribution in [0.3, 0.4) is 0 Å². The maximum absolute atomic E-state index is 12.1. The van der Waals surface area contributed by atoms with E-state index in [1.54, 1.807) is 18.5 Å². The van der Waals surface area contributed by atoms with Crippen LogP contribution in [0.2, 0.25) is 0 Å². The number of nitrogens with two attached hydrogens (primary N) is 1. The van der Waals surface area contributed by atoms with Crippen LogP contribution in [0.15, 0.2) is 59.9 Å². The van der Waals surface area contributed by atoms with E-state index in [2.05, 4.69) is 20.6 Å². The zero-order valence-corrected chi connectivity index (χ0v) is 15.5. The van der Waals surface area contributed by atoms with Gasteiger partial charge in [-0.25, -0.2) is 0 Å². The molecule has 2 rings (SSSR count). The molecule has 2 atom stereocenters. The maximum Gasteiger partial charge on any atom is 0.249 e. The van der Waals surface area contributed by atoms with E-state index in [0.29, 0.717) is 25.5 Å². The SMILES string of the molecule is C[C@@H](CCCN=C(N)Nc1ccccc1)C(O)C(=O)NCc1cccnc1. The Morgan fingerprint density at radius 3 is 2.74 bits per heavy atom. The van der Waals surface area contributed by atoms with Gasteiger partial charge in [-0.05, 0) is 42.5 Å². The summed E-state index contributed by atoms with van der Waals surface area (Å²) in [5.41, 5.74) is 7.62. The van der Waals surface area contributed by atoms with Gasteiger partial charge in [-0.15, -0.1) is 0 Å². The third-order valence-corrected chi connectivity index (χ3v) is 4.14. The van der Waals surface area contributed by atoms with Crippen LogP contribution in [-0.4, -0.2) is 34.6 Å². The van der Waals surface area contributed by atoms with Crippen LogP contribution >= 0.6 is 0 Å². The van der Waals surface area contributed by atoms with E-state index in [0.717, 1.165) is 17.7 Å². The highest BCUT2D eigenvalue weighted by molar-refractivity contribution is 5.92. The molecule has 0 saturated carbocycles. The molecule has 144 valence electrons. The molecule has 7 nitrogen and oxygen atoms in total. The Balaban J connectivity index is 1.67. The van der Waals surface area contributed by atoms with Gasteiger partial charge in [0.25, 0.3) is 0 Å². The third-order valence-electron chi connectivity index (χ3n) is 4.14. The van der Waals surface area contributed by atoms with Crippen LogP contribution in [0, 0.1) is 5.92 Å². The molecule has 5 N–H and O–H groups in total. The number of guanidine groups is 1. The monoisotopic (exact) mass is 369 g/mol. The van der Waals surface area contributed by atoms with Gasteiger partial charge in [-0.2, -0.15) is 0 Å². The summed E-state index contributed by atoms with van der Waals surface area (Å²) in [6, 6.07) is 13.2. The van der Waals surface area contributed by atoms with Crippen LogP contribution in [0.4, 0.5) is 5.69 Å². The second kappa shape index (κ2) is 10.9. The molecule has 1 aromatic carbocycles. The minimum absolute atomic E-state index is 0.169. The minimum Gasteiger partial charge on any atom is -0.383 e. The number of amides is 1. The van der Waals surface area contributed by atoms with Crippen molar-refractivity contribution in [3.8, 4) is 0 Å². The number of aromatic nitrogens is 1. The number of hydrogen-bond acceptors (Lipinski definition) is 4. The Morgan fingerprint density at radius 1 is 1.26 bits per heavy atom. The molecule has 0 radical (unpaired) electrons. The van der Waals surface area contributed by atoms with Gasteiger partial charge in [-0.3, -0.25) is 14.8 Å². The molecule has 0 bridgehead atoms. The second-order valence-corrected chi connectivity index (χ2v) is 6.40. The number of anilines is 1. The van der Waals surface area contributed by atoms with E-state index in [-0.39, 0.29) is 11.8 Å². The van der Waals surface area contributed by atoms with Crippen molar-refractivity contribution in [2.45, 2.75) is 32.4 Å². The summed E-state index contributed by atoms with van der Waals surface area (Å²) < 4.78 is 0. The predicted molar refractivity (Wildman–Crippen MR) is 107 cm³/mol. The Hall–Kier alpha value is -2.93. The topological polar surface area (TPSA) is 113 Å². The van der Waals surface area contributed by atoms with E-state index in [1.807, 2.05) is 43.3 Å². The van der Waals surface area contributed by atoms with Gasteiger partial charge in [0, 0.05) is 31.2 Å². The molecule has 0 saturated heterocycles. The van der Waals surface area contributed by atoms with Crippen LogP contribution in [0.1, 0.15) is 25.3 Å². The van der Waals surface area contributed by atoms with E-state index in [1.165, 1.54) is 0 Å². The van der Waals surface area contributed by atoms with Crippen molar-refractivity contribution in [3.05, 3.63) is 60.4 Å². The highest BCUT2D eigenvalue weighted by Gasteiger charge is 2.21. The third kappa shape index (κ3) is 7.45. The largest absolute Gasteiger partial charge is 0.383 e. The number of aliphatic hydroxyl groups excluding tert-OH is 1. The summed E-state index contributed by atoms with van der Waals surface area (Å²) in [6.45, 7) is 2.73. The summed E-state index contributed by atoms with van der Waals surface area (Å²) in [7, 11) is 0. The molecular formula is C20H27N5O2. The number of aliphatic imine (C=N–C) groups is 1. The first-order valence-corrected chi connectivity index (χ1v) is 9.03. The van der Waals surface area contributed by atoms with Gasteiger partial charge in [0.1, 0.15) is 6.10 Å². The lowest BCUT2D eigenvalue weighted by Gasteiger charge is -2.18. The summed E-state index contributed by atoms with van der Waals surface area (Å²) in [4.78, 5) is 20.3. The molecule has 0 spiro atoms. The number of nitrogens with one attached hydrogen (secondary N) is 2. The summed E-state index contributed by atoms with van der Waals surface area (Å²) in [5, 5.41) is 15.9. The first kappa shape index (κ1) is 20.4. The molecule has 0 aliphatic rings. The van der Waals surface area contributed by atoms with Gasteiger partial charge in [0.15, 0.2) is 5.96 Å². The fourth-order valence-corrected chi connectivity index (χ4v) is 2.53. The average molecular weight is 369 g/mol. The number of aliphatic hydroxyl groups is 1. The van der Waals surface area contributed by atoms with Crippen molar-refractivity contribution in [1.82, 2.24) is 10.3 Å². The van der Waals surface area contributed by atoms with E-state index < -0.39 is 6.10 Å². The van der Waals surface area contributed by atoms with Crippen molar-refractivity contribution < 1.29 is 9.90 Å². The number of rotatable bonds is 9. The molecule has 1 unspecified atom stereocenters. The Morgan fingerprint density at radius 2 is 2.04 bits per heavy atom. The van der Waals surface area contributed by atoms with Crippen LogP contribution < -0.4 is 16.4 Å². The molecule has 0 fully saturated rings. The fraction of sp³-hybridized carbons (Fsp3) is 0.350. The molecule has 1 aromatic heterocycles. The number of hydrogen-bond donors (Lipinski definition) is 4. The van der Waals surface area contributed by atoms with Crippen LogP contribution in [0.5, 0.6) is 0 Å². The zero-order valence-electron chi connectivity index (χ0n) is 15.5. The van der Waals surface area contributed by atoms with Gasteiger partial charge in [-0.1, -0.05) is 31.2 Å². The fourth-order valence-electron chi connectivity index (χ4n) is 2.53. The summed E-state index contributed by atoms with van der Waals surface area (Å²) in [5.74, 6) is -0.193. The Bertz CT molecular complexity index is 722. The van der Waals surface area contributed by atoms with Crippen molar-refractivity contribution in [1.29, 1.82) is 0 Å². The number of nitrogens with zero attached hydrogens (tertiary/aromatic N) is 2. The number of pyridine rings is 1. The van der Waals surface area contributed by atoms with Gasteiger partial charge in [0.05, 0.1) is 0 Å². The Labute approximate surface area is 159 Å². The predicted octanol–water partition coefficient (Wildman–Crippen LogP) is 1.90. The average Bonchev–Trinajstić information content (AvgIpc) is 2.70. The lowest BCUT2D eigenvalue weighted by Crippen LogP contribution is -2.38. The summed E-state index contributed by atoms with van der Waals surface area (Å²) >= 11 is 0. The lowest BCUT2D eigenvalue weighted by molar-refractivity contribution is -0.132. The van der Waals surface area contributed by atoms with E-state index in [4.69, 9.17) is 5.73 Å². The highest BCUT2D eigenvalue weighted by atomic mass is 16.3. The standard InChI is InChI=1S/C20H27N5O2/c1-15(18(26)19(27)24-14-16-8-6-11-22-13-16)7-5-12-23-20(21)25-17-9-3-2-4-10-17/h2-4,6,8-11,13,15,18,26H,5,7,12,14H2,1H3,(H,24,27)(H3,21,23,25)/t15-,18?/m0/s1. The van der Waals surface area contributed by atoms with Crippen molar-refractivity contribution in [2.24, 2.45) is 16.6 Å². The first-order chi connectivity index (χ1) is 13.1. The number of para-hydroxylation sites is 1. The molecule has 27 heavy (non-hydrogen) atoms. The van der Waals surface area contributed by atoms with Gasteiger partial charge in [0.2, 0.25) is 5.91 Å². The molecule has 1 heterocycles. The molecule has 2 aromatic rings. The van der Waals surface area contributed by atoms with E-state index >= 15 is 0 Å². The number of carbonyl (C=O) groups excluding carboxylic acids is 1. The highest BCUT2D eigenvalue weighted by Crippen LogP contribution is 2.12. The molecule has 7 heteroatoms. The molecule has 0 aliphatic heterocycles. The molecule has 0 aliphatic carbocycles. The van der Waals surface area contributed by atoms with Crippen LogP contribution in [0.25, 0.3) is 0 Å². The van der Waals surface area contributed by atoms with E-state index in [9.17, 15) is 9.90 Å². The zero-order chi connectivity index (χ0) is 19.5. The maximum atomic E-state index is 12.1. The van der Waals surface area contributed by atoms with Crippen molar-refractivity contribution in [2.75, 3.05) is 11.9 Å². The molecular weight excluding hydrogens is 342 g/mol.